The highest BCUT2D eigenvalue weighted by Gasteiger charge is 2.22. The van der Waals surface area contributed by atoms with Gasteiger partial charge < -0.3 is 19.8 Å². The number of nitrogens with one attached hydrogen (secondary N) is 2. The van der Waals surface area contributed by atoms with Crippen LogP contribution in [0.5, 0.6) is 0 Å². The maximum Gasteiger partial charge on any atom is 0.340 e. The van der Waals surface area contributed by atoms with E-state index in [1.165, 1.54) is 43.1 Å². The Kier molecular flexibility index (Phi) is 8.04. The quantitative estimate of drug-likeness (QED) is 0.373. The van der Waals surface area contributed by atoms with Crippen molar-refractivity contribution in [2.75, 3.05) is 11.1 Å². The smallest absolute Gasteiger partial charge is 0.340 e. The van der Waals surface area contributed by atoms with Crippen molar-refractivity contribution in [1.29, 1.82) is 0 Å². The van der Waals surface area contributed by atoms with Gasteiger partial charge in [0, 0.05) is 4.90 Å². The summed E-state index contributed by atoms with van der Waals surface area (Å²) in [5.41, 5.74) is 0.221. The summed E-state index contributed by atoms with van der Waals surface area (Å²) >= 11 is 1.17. The van der Waals surface area contributed by atoms with Crippen LogP contribution >= 0.6 is 11.8 Å². The zero-order valence-electron chi connectivity index (χ0n) is 17.2. The fourth-order valence-electron chi connectivity index (χ4n) is 2.63. The van der Waals surface area contributed by atoms with Crippen LogP contribution in [0.25, 0.3) is 0 Å². The minimum Gasteiger partial charge on any atom is -0.467 e. The second-order valence-electron chi connectivity index (χ2n) is 6.66. The lowest BCUT2D eigenvalue weighted by molar-refractivity contribution is -0.123. The van der Waals surface area contributed by atoms with Crippen LogP contribution in [0.2, 0.25) is 0 Å². The third-order valence-corrected chi connectivity index (χ3v) is 5.36. The Morgan fingerprint density at radius 1 is 1.06 bits per heavy atom. The number of esters is 1. The third kappa shape index (κ3) is 6.45. The topological polar surface area (TPSA) is 97.6 Å². The summed E-state index contributed by atoms with van der Waals surface area (Å²) in [5, 5.41) is 5.12. The number of hydrogen-bond donors (Lipinski definition) is 2. The fourth-order valence-corrected chi connectivity index (χ4v) is 3.50. The molecule has 1 heterocycles. The van der Waals surface area contributed by atoms with Gasteiger partial charge in [-0.1, -0.05) is 24.3 Å². The lowest BCUT2D eigenvalue weighted by Gasteiger charge is -2.15. The summed E-state index contributed by atoms with van der Waals surface area (Å²) in [6, 6.07) is 15.8. The number of furan rings is 1. The standard InChI is InChI=1S/C23H21FN2O5S/c1-15(22(28)26-19-10-4-3-9-18(19)24)31-23(29)17-8-2-5-11-20(17)32-14-21(27)25-13-16-7-6-12-30-16/h2-12,15H,13-14H2,1H3,(H,25,27)(H,26,28)/t15-/m1/s1. The first-order chi connectivity index (χ1) is 15.4. The monoisotopic (exact) mass is 456 g/mol. The highest BCUT2D eigenvalue weighted by atomic mass is 32.2. The molecule has 0 aliphatic heterocycles. The molecule has 32 heavy (non-hydrogen) atoms. The number of thioether (sulfide) groups is 1. The number of hydrogen-bond acceptors (Lipinski definition) is 6. The Morgan fingerprint density at radius 3 is 2.56 bits per heavy atom. The summed E-state index contributed by atoms with van der Waals surface area (Å²) in [6.07, 6.45) is 0.368. The molecule has 0 fully saturated rings. The first-order valence-electron chi connectivity index (χ1n) is 9.71. The first kappa shape index (κ1) is 23.1. The second kappa shape index (κ2) is 11.1. The van der Waals surface area contributed by atoms with E-state index in [2.05, 4.69) is 10.6 Å². The Balaban J connectivity index is 1.55. The molecule has 7 nitrogen and oxygen atoms in total. The van der Waals surface area contributed by atoms with E-state index in [0.717, 1.165) is 0 Å². The summed E-state index contributed by atoms with van der Waals surface area (Å²) in [5.74, 6) is -1.49. The molecule has 0 unspecified atom stereocenters. The Hall–Kier alpha value is -3.59. The average Bonchev–Trinajstić information content (AvgIpc) is 3.31. The van der Waals surface area contributed by atoms with E-state index < -0.39 is 23.8 Å². The number of anilines is 1. The van der Waals surface area contributed by atoms with Crippen molar-refractivity contribution in [2.24, 2.45) is 0 Å². The molecule has 166 valence electrons. The lowest BCUT2D eigenvalue weighted by atomic mass is 10.2. The van der Waals surface area contributed by atoms with Crippen LogP contribution in [0.15, 0.2) is 76.2 Å². The number of amides is 2. The maximum absolute atomic E-state index is 13.7. The van der Waals surface area contributed by atoms with E-state index in [1.807, 2.05) is 0 Å². The molecular weight excluding hydrogens is 435 g/mol. The summed E-state index contributed by atoms with van der Waals surface area (Å²) < 4.78 is 24.1. The fraction of sp³-hybridized carbons (Fsp3) is 0.174. The van der Waals surface area contributed by atoms with Gasteiger partial charge in [0.05, 0.1) is 29.8 Å². The number of para-hydroxylation sites is 1. The Morgan fingerprint density at radius 2 is 1.81 bits per heavy atom. The van der Waals surface area contributed by atoms with E-state index in [0.29, 0.717) is 10.7 Å². The number of ether oxygens (including phenoxy) is 1. The number of carbonyl (C=O) groups is 3. The molecule has 0 spiro atoms. The van der Waals surface area contributed by atoms with Gasteiger partial charge >= 0.3 is 5.97 Å². The van der Waals surface area contributed by atoms with Gasteiger partial charge in [0.1, 0.15) is 11.6 Å². The Labute approximate surface area is 188 Å². The van der Waals surface area contributed by atoms with E-state index >= 15 is 0 Å². The van der Waals surface area contributed by atoms with Crippen LogP contribution in [-0.4, -0.2) is 29.6 Å². The van der Waals surface area contributed by atoms with Crippen molar-refractivity contribution in [3.05, 3.63) is 84.1 Å². The van der Waals surface area contributed by atoms with E-state index in [4.69, 9.17) is 9.15 Å². The molecule has 1 atom stereocenters. The lowest BCUT2D eigenvalue weighted by Crippen LogP contribution is -2.30. The number of carbonyl (C=O) groups excluding carboxylic acids is 3. The maximum atomic E-state index is 13.7. The molecule has 0 aliphatic carbocycles. The van der Waals surface area contributed by atoms with E-state index in [-0.39, 0.29) is 29.5 Å². The van der Waals surface area contributed by atoms with Crippen molar-refractivity contribution in [1.82, 2.24) is 5.32 Å². The molecule has 0 bridgehead atoms. The zero-order chi connectivity index (χ0) is 22.9. The van der Waals surface area contributed by atoms with Gasteiger partial charge in [0.25, 0.3) is 5.91 Å². The highest BCUT2D eigenvalue weighted by Crippen LogP contribution is 2.24. The van der Waals surface area contributed by atoms with Gasteiger partial charge in [-0.15, -0.1) is 11.8 Å². The summed E-state index contributed by atoms with van der Waals surface area (Å²) in [4.78, 5) is 37.5. The molecule has 0 aliphatic rings. The summed E-state index contributed by atoms with van der Waals surface area (Å²) in [7, 11) is 0. The van der Waals surface area contributed by atoms with Gasteiger partial charge in [-0.25, -0.2) is 9.18 Å². The summed E-state index contributed by atoms with van der Waals surface area (Å²) in [6.45, 7) is 1.66. The number of rotatable bonds is 9. The van der Waals surface area contributed by atoms with Gasteiger partial charge in [-0.05, 0) is 43.3 Å². The van der Waals surface area contributed by atoms with E-state index in [1.54, 1.807) is 42.5 Å². The van der Waals surface area contributed by atoms with Gasteiger partial charge in [-0.3, -0.25) is 9.59 Å². The highest BCUT2D eigenvalue weighted by molar-refractivity contribution is 8.00. The van der Waals surface area contributed by atoms with Crippen molar-refractivity contribution in [3.8, 4) is 0 Å². The molecule has 3 aromatic rings. The number of halogens is 1. The van der Waals surface area contributed by atoms with Crippen molar-refractivity contribution < 1.29 is 27.9 Å². The molecule has 1 aromatic heterocycles. The van der Waals surface area contributed by atoms with Crippen LogP contribution in [0.4, 0.5) is 10.1 Å². The first-order valence-corrected chi connectivity index (χ1v) is 10.7. The zero-order valence-corrected chi connectivity index (χ0v) is 18.0. The van der Waals surface area contributed by atoms with Crippen LogP contribution in [0.3, 0.4) is 0 Å². The molecular formula is C23H21FN2O5S. The normalized spacial score (nSPS) is 11.4. The van der Waals surface area contributed by atoms with Crippen LogP contribution in [-0.2, 0) is 20.9 Å². The van der Waals surface area contributed by atoms with Gasteiger partial charge in [0.2, 0.25) is 5.91 Å². The van der Waals surface area contributed by atoms with Crippen LogP contribution in [0.1, 0.15) is 23.0 Å². The van der Waals surface area contributed by atoms with E-state index in [9.17, 15) is 18.8 Å². The van der Waals surface area contributed by atoms with Crippen molar-refractivity contribution in [2.45, 2.75) is 24.5 Å². The molecule has 0 saturated carbocycles. The second-order valence-corrected chi connectivity index (χ2v) is 7.67. The van der Waals surface area contributed by atoms with Crippen LogP contribution < -0.4 is 10.6 Å². The predicted molar refractivity (Wildman–Crippen MR) is 118 cm³/mol. The molecule has 2 aromatic carbocycles. The van der Waals surface area contributed by atoms with Gasteiger partial charge in [-0.2, -0.15) is 0 Å². The molecule has 9 heteroatoms. The van der Waals surface area contributed by atoms with Gasteiger partial charge in [0.15, 0.2) is 6.10 Å². The van der Waals surface area contributed by atoms with Crippen LogP contribution in [0, 0.1) is 5.82 Å². The molecule has 0 radical (unpaired) electrons. The Bertz CT molecular complexity index is 1090. The van der Waals surface area contributed by atoms with Crippen molar-refractivity contribution >= 4 is 35.2 Å². The SMILES string of the molecule is C[C@@H](OC(=O)c1ccccc1SCC(=O)NCc1ccco1)C(=O)Nc1ccccc1F. The molecule has 2 N–H and O–H groups in total. The minimum absolute atomic E-state index is 0.00286. The predicted octanol–water partition coefficient (Wildman–Crippen LogP) is 4.01. The molecule has 3 rings (SSSR count). The number of benzene rings is 2. The molecule has 0 saturated heterocycles. The largest absolute Gasteiger partial charge is 0.467 e. The third-order valence-electron chi connectivity index (χ3n) is 4.29. The minimum atomic E-state index is -1.16. The average molecular weight is 456 g/mol. The van der Waals surface area contributed by atoms with Crippen molar-refractivity contribution in [3.63, 3.8) is 0 Å². The molecule has 2 amide bonds.